The number of para-hydroxylation sites is 1. The number of rotatable bonds is 6. The zero-order valence-electron chi connectivity index (χ0n) is 17.3. The summed E-state index contributed by atoms with van der Waals surface area (Å²) in [4.78, 5) is 26.9. The van der Waals surface area contributed by atoms with E-state index in [1.54, 1.807) is 13.2 Å². The Balaban J connectivity index is 1.37. The van der Waals surface area contributed by atoms with Gasteiger partial charge in [-0.1, -0.05) is 24.6 Å². The van der Waals surface area contributed by atoms with Crippen molar-refractivity contribution in [1.29, 1.82) is 0 Å². The molecular weight excluding hydrogens is 366 g/mol. The number of ether oxygens (including phenoxy) is 1. The summed E-state index contributed by atoms with van der Waals surface area (Å²) in [6.07, 6.45) is 3.79. The molecular formula is C22H31N5O2. The average Bonchev–Trinajstić information content (AvgIpc) is 2.75. The minimum atomic E-state index is -0.0570. The third kappa shape index (κ3) is 5.16. The van der Waals surface area contributed by atoms with Gasteiger partial charge in [0.05, 0.1) is 12.8 Å². The van der Waals surface area contributed by atoms with E-state index < -0.39 is 0 Å². The van der Waals surface area contributed by atoms with Gasteiger partial charge in [0.15, 0.2) is 0 Å². The highest BCUT2D eigenvalue weighted by Crippen LogP contribution is 2.20. The van der Waals surface area contributed by atoms with Gasteiger partial charge >= 0.3 is 0 Å². The Bertz CT molecular complexity index is 854. The molecule has 156 valence electrons. The van der Waals surface area contributed by atoms with Crippen molar-refractivity contribution in [2.24, 2.45) is 0 Å². The number of H-pyrrole nitrogens is 1. The molecule has 1 N–H and O–H groups in total. The fourth-order valence-electron chi connectivity index (χ4n) is 4.26. The Hall–Kier alpha value is -2.38. The van der Waals surface area contributed by atoms with Crippen LogP contribution in [-0.2, 0) is 13.1 Å². The summed E-state index contributed by atoms with van der Waals surface area (Å²) >= 11 is 0. The number of nitrogens with zero attached hydrogens (tertiary/aromatic N) is 4. The first-order valence-corrected chi connectivity index (χ1v) is 10.6. The predicted octanol–water partition coefficient (Wildman–Crippen LogP) is 2.09. The smallest absolute Gasteiger partial charge is 0.252 e. The molecule has 0 radical (unpaired) electrons. The molecule has 3 heterocycles. The minimum absolute atomic E-state index is 0.0570. The van der Waals surface area contributed by atoms with Crippen molar-refractivity contribution in [3.05, 3.63) is 51.9 Å². The van der Waals surface area contributed by atoms with Crippen molar-refractivity contribution in [3.8, 4) is 5.75 Å². The molecule has 0 bridgehead atoms. The van der Waals surface area contributed by atoms with Crippen LogP contribution in [0.2, 0.25) is 0 Å². The molecule has 0 amide bonds. The fourth-order valence-corrected chi connectivity index (χ4v) is 4.26. The number of piperidine rings is 1. The molecule has 0 saturated carbocycles. The van der Waals surface area contributed by atoms with Crippen molar-refractivity contribution in [2.75, 3.05) is 51.3 Å². The summed E-state index contributed by atoms with van der Waals surface area (Å²) in [7, 11) is 1.72. The van der Waals surface area contributed by atoms with E-state index in [2.05, 4.69) is 31.8 Å². The molecule has 1 aromatic heterocycles. The van der Waals surface area contributed by atoms with E-state index in [4.69, 9.17) is 9.72 Å². The van der Waals surface area contributed by atoms with Gasteiger partial charge in [-0.05, 0) is 32.0 Å². The molecule has 2 saturated heterocycles. The number of benzene rings is 1. The molecule has 7 nitrogen and oxygen atoms in total. The Morgan fingerprint density at radius 3 is 2.45 bits per heavy atom. The van der Waals surface area contributed by atoms with Crippen LogP contribution in [0.25, 0.3) is 0 Å². The highest BCUT2D eigenvalue weighted by molar-refractivity contribution is 5.34. The normalized spacial score (nSPS) is 18.7. The molecule has 2 aromatic rings. The SMILES string of the molecule is COc1ccccc1CN1CCN(c2nc(CN3CCCCC3)cc(=O)[nH]2)CC1. The third-order valence-corrected chi connectivity index (χ3v) is 5.87. The molecule has 1 aromatic carbocycles. The van der Waals surface area contributed by atoms with Crippen LogP contribution in [0.4, 0.5) is 5.95 Å². The lowest BCUT2D eigenvalue weighted by atomic mass is 10.1. The summed E-state index contributed by atoms with van der Waals surface area (Å²) < 4.78 is 5.48. The van der Waals surface area contributed by atoms with Gasteiger partial charge in [0.1, 0.15) is 5.75 Å². The van der Waals surface area contributed by atoms with Crippen LogP contribution in [0.1, 0.15) is 30.5 Å². The van der Waals surface area contributed by atoms with Crippen molar-refractivity contribution < 1.29 is 4.74 Å². The maximum atomic E-state index is 12.2. The highest BCUT2D eigenvalue weighted by atomic mass is 16.5. The van der Waals surface area contributed by atoms with Crippen LogP contribution < -0.4 is 15.2 Å². The largest absolute Gasteiger partial charge is 0.496 e. The molecule has 29 heavy (non-hydrogen) atoms. The molecule has 2 aliphatic heterocycles. The summed E-state index contributed by atoms with van der Waals surface area (Å²) in [5, 5.41) is 0. The molecule has 7 heteroatoms. The van der Waals surface area contributed by atoms with E-state index in [0.29, 0.717) is 5.95 Å². The van der Waals surface area contributed by atoms with E-state index in [9.17, 15) is 4.79 Å². The lowest BCUT2D eigenvalue weighted by Crippen LogP contribution is -2.47. The first-order valence-electron chi connectivity index (χ1n) is 10.6. The molecule has 0 aliphatic carbocycles. The second kappa shape index (κ2) is 9.41. The first-order chi connectivity index (χ1) is 14.2. The summed E-state index contributed by atoms with van der Waals surface area (Å²) in [5.74, 6) is 1.65. The molecule has 0 atom stereocenters. The standard InChI is InChI=1S/C22H31N5O2/c1-29-20-8-4-3-7-18(20)16-26-11-13-27(14-12-26)22-23-19(15-21(28)24-22)17-25-9-5-2-6-10-25/h3-4,7-8,15H,2,5-6,9-14,16-17H2,1H3,(H,23,24,28). The number of piperazine rings is 1. The molecule has 0 unspecified atom stereocenters. The Morgan fingerprint density at radius 2 is 1.69 bits per heavy atom. The Kier molecular flexibility index (Phi) is 6.46. The number of hydrogen-bond acceptors (Lipinski definition) is 6. The number of aromatic nitrogens is 2. The summed E-state index contributed by atoms with van der Waals surface area (Å²) in [6.45, 7) is 7.41. The summed E-state index contributed by atoms with van der Waals surface area (Å²) in [6, 6.07) is 9.83. The van der Waals surface area contributed by atoms with Crippen LogP contribution >= 0.6 is 0 Å². The van der Waals surface area contributed by atoms with Crippen molar-refractivity contribution in [1.82, 2.24) is 19.8 Å². The van der Waals surface area contributed by atoms with E-state index in [-0.39, 0.29) is 5.56 Å². The number of nitrogens with one attached hydrogen (secondary N) is 1. The van der Waals surface area contributed by atoms with Gasteiger partial charge in [-0.15, -0.1) is 0 Å². The van der Waals surface area contributed by atoms with Crippen LogP contribution in [-0.4, -0.2) is 66.1 Å². The van der Waals surface area contributed by atoms with Gasteiger partial charge in [0.2, 0.25) is 5.95 Å². The highest BCUT2D eigenvalue weighted by Gasteiger charge is 2.21. The number of likely N-dealkylation sites (tertiary alicyclic amines) is 1. The molecule has 4 rings (SSSR count). The maximum Gasteiger partial charge on any atom is 0.252 e. The molecule has 0 spiro atoms. The number of methoxy groups -OCH3 is 1. The second-order valence-electron chi connectivity index (χ2n) is 7.97. The minimum Gasteiger partial charge on any atom is -0.496 e. The van der Waals surface area contributed by atoms with Crippen LogP contribution in [0.3, 0.4) is 0 Å². The Morgan fingerprint density at radius 1 is 0.966 bits per heavy atom. The topological polar surface area (TPSA) is 64.7 Å². The molecule has 2 aliphatic rings. The van der Waals surface area contributed by atoms with E-state index in [1.807, 2.05) is 12.1 Å². The van der Waals surface area contributed by atoms with Gasteiger partial charge < -0.3 is 9.64 Å². The van der Waals surface area contributed by atoms with Crippen LogP contribution in [0.15, 0.2) is 35.1 Å². The predicted molar refractivity (Wildman–Crippen MR) is 114 cm³/mol. The second-order valence-corrected chi connectivity index (χ2v) is 7.97. The zero-order valence-corrected chi connectivity index (χ0v) is 17.3. The quantitative estimate of drug-likeness (QED) is 0.805. The van der Waals surface area contributed by atoms with Crippen LogP contribution in [0.5, 0.6) is 5.75 Å². The maximum absolute atomic E-state index is 12.2. The van der Waals surface area contributed by atoms with E-state index in [0.717, 1.165) is 63.8 Å². The van der Waals surface area contributed by atoms with Gasteiger partial charge in [0, 0.05) is 50.9 Å². The van der Waals surface area contributed by atoms with Gasteiger partial charge in [-0.3, -0.25) is 19.6 Å². The van der Waals surface area contributed by atoms with Gasteiger partial charge in [-0.2, -0.15) is 0 Å². The monoisotopic (exact) mass is 397 g/mol. The average molecular weight is 398 g/mol. The van der Waals surface area contributed by atoms with Crippen molar-refractivity contribution >= 4 is 5.95 Å². The van der Waals surface area contributed by atoms with Crippen molar-refractivity contribution in [2.45, 2.75) is 32.4 Å². The number of aromatic amines is 1. The zero-order chi connectivity index (χ0) is 20.1. The number of hydrogen-bond donors (Lipinski definition) is 1. The third-order valence-electron chi connectivity index (χ3n) is 5.87. The van der Waals surface area contributed by atoms with Gasteiger partial charge in [0.25, 0.3) is 5.56 Å². The lowest BCUT2D eigenvalue weighted by Gasteiger charge is -2.35. The lowest BCUT2D eigenvalue weighted by molar-refractivity contribution is 0.218. The molecule has 2 fully saturated rings. The Labute approximate surface area is 172 Å². The van der Waals surface area contributed by atoms with E-state index in [1.165, 1.54) is 24.8 Å². The summed E-state index contributed by atoms with van der Waals surface area (Å²) in [5.41, 5.74) is 2.03. The van der Waals surface area contributed by atoms with Crippen molar-refractivity contribution in [3.63, 3.8) is 0 Å². The first kappa shape index (κ1) is 19.9. The number of anilines is 1. The van der Waals surface area contributed by atoms with E-state index >= 15 is 0 Å². The van der Waals surface area contributed by atoms with Crippen LogP contribution in [0, 0.1) is 0 Å². The fraction of sp³-hybridized carbons (Fsp3) is 0.545. The van der Waals surface area contributed by atoms with Gasteiger partial charge in [-0.25, -0.2) is 4.98 Å².